The molecule has 1 aliphatic heterocycles. The first-order chi connectivity index (χ1) is 15.6. The molecule has 0 fully saturated rings. The summed E-state index contributed by atoms with van der Waals surface area (Å²) >= 11 is 0. The van der Waals surface area contributed by atoms with E-state index < -0.39 is 20.5 Å². The van der Waals surface area contributed by atoms with Gasteiger partial charge >= 0.3 is 20.5 Å². The number of carbonyl (C=O) groups excluding carboxylic acids is 3. The fourth-order valence-electron chi connectivity index (χ4n) is 3.47. The molecule has 4 aromatic carbocycles. The second-order valence-corrected chi connectivity index (χ2v) is 7.97. The molecule has 7 heteroatoms. The molecular formula is C25H15O6P. The molecule has 1 atom stereocenters. The summed E-state index contributed by atoms with van der Waals surface area (Å²) in [7, 11) is -2.33. The average molecular weight is 442 g/mol. The molecular weight excluding hydrogens is 427 g/mol. The Hall–Kier alpha value is -4.02. The highest BCUT2D eigenvalue weighted by atomic mass is 31.2. The van der Waals surface area contributed by atoms with E-state index in [1.807, 2.05) is 24.3 Å². The Kier molecular flexibility index (Phi) is 5.13. The van der Waals surface area contributed by atoms with Crippen molar-refractivity contribution in [3.05, 3.63) is 113 Å². The van der Waals surface area contributed by atoms with Crippen LogP contribution in [0.25, 0.3) is 10.8 Å². The van der Waals surface area contributed by atoms with Gasteiger partial charge in [-0.3, -0.25) is 4.79 Å². The maximum absolute atomic E-state index is 12.9. The number of carbonyl (C=O) groups is 3. The van der Waals surface area contributed by atoms with E-state index in [-0.39, 0.29) is 22.5 Å². The Balaban J connectivity index is 1.43. The summed E-state index contributed by atoms with van der Waals surface area (Å²) in [5.74, 6) is -1.45. The van der Waals surface area contributed by atoms with E-state index in [1.165, 1.54) is 6.07 Å². The van der Waals surface area contributed by atoms with Crippen LogP contribution in [0.1, 0.15) is 36.6 Å². The van der Waals surface area contributed by atoms with Crippen molar-refractivity contribution in [3.8, 4) is 5.75 Å². The van der Waals surface area contributed by atoms with E-state index >= 15 is 0 Å². The molecule has 0 spiro atoms. The van der Waals surface area contributed by atoms with E-state index in [4.69, 9.17) is 13.6 Å². The van der Waals surface area contributed by atoms with Crippen molar-refractivity contribution in [2.75, 3.05) is 0 Å². The normalized spacial score (nSPS) is 14.8. The lowest BCUT2D eigenvalue weighted by Crippen LogP contribution is -2.17. The molecule has 0 saturated carbocycles. The first kappa shape index (κ1) is 19.9. The lowest BCUT2D eigenvalue weighted by Gasteiger charge is -2.23. The number of hydrogen-bond acceptors (Lipinski definition) is 6. The highest BCUT2D eigenvalue weighted by Crippen LogP contribution is 2.50. The van der Waals surface area contributed by atoms with Gasteiger partial charge in [0, 0.05) is 16.5 Å². The van der Waals surface area contributed by atoms with Crippen LogP contribution in [0.2, 0.25) is 0 Å². The van der Waals surface area contributed by atoms with Crippen LogP contribution in [0.4, 0.5) is 0 Å². The molecule has 0 aromatic heterocycles. The molecule has 4 aromatic rings. The fourth-order valence-corrected chi connectivity index (χ4v) is 4.40. The molecule has 156 valence electrons. The van der Waals surface area contributed by atoms with Gasteiger partial charge in [-0.2, -0.15) is 0 Å². The highest BCUT2D eigenvalue weighted by molar-refractivity contribution is 7.43. The van der Waals surface area contributed by atoms with Crippen LogP contribution >= 0.6 is 8.60 Å². The molecule has 0 N–H and O–H groups in total. The maximum atomic E-state index is 12.9. The molecule has 0 aliphatic carbocycles. The van der Waals surface area contributed by atoms with Gasteiger partial charge in [-0.05, 0) is 17.5 Å². The summed E-state index contributed by atoms with van der Waals surface area (Å²) in [6, 6.07) is 25.8. The Bertz CT molecular complexity index is 1370. The molecule has 1 aliphatic rings. The van der Waals surface area contributed by atoms with Gasteiger partial charge in [0.1, 0.15) is 5.56 Å². The Morgan fingerprint density at radius 2 is 1.41 bits per heavy atom. The van der Waals surface area contributed by atoms with Crippen molar-refractivity contribution in [1.82, 2.24) is 0 Å². The average Bonchev–Trinajstić information content (AvgIpc) is 2.84. The van der Waals surface area contributed by atoms with Gasteiger partial charge < -0.3 is 13.6 Å². The van der Waals surface area contributed by atoms with Crippen molar-refractivity contribution in [2.45, 2.75) is 0 Å². The summed E-state index contributed by atoms with van der Waals surface area (Å²) in [4.78, 5) is 38.3. The van der Waals surface area contributed by atoms with Gasteiger partial charge in [-0.15, -0.1) is 0 Å². The molecule has 6 nitrogen and oxygen atoms in total. The van der Waals surface area contributed by atoms with Crippen molar-refractivity contribution < 1.29 is 28.0 Å². The number of fused-ring (bicyclic) bond motifs is 3. The smallest absolute Gasteiger partial charge is 0.407 e. The highest BCUT2D eigenvalue weighted by Gasteiger charge is 2.35. The third-order valence-electron chi connectivity index (χ3n) is 5.01. The molecule has 1 heterocycles. The zero-order chi connectivity index (χ0) is 22.1. The topological polar surface area (TPSA) is 78.9 Å². The Morgan fingerprint density at radius 1 is 0.719 bits per heavy atom. The van der Waals surface area contributed by atoms with Crippen molar-refractivity contribution in [1.29, 1.82) is 0 Å². The van der Waals surface area contributed by atoms with Gasteiger partial charge in [0.2, 0.25) is 0 Å². The SMILES string of the molecule is O=C(OP1OC(=O)c2ccc3ccccc3c2O1)c1ccccc1C(=O)c1ccccc1. The summed E-state index contributed by atoms with van der Waals surface area (Å²) in [5.41, 5.74) is 0.956. The molecule has 0 radical (unpaired) electrons. The van der Waals surface area contributed by atoms with Crippen LogP contribution in [0.15, 0.2) is 91.0 Å². The Labute approximate surface area is 184 Å². The maximum Gasteiger partial charge on any atom is 0.535 e. The number of benzene rings is 4. The van der Waals surface area contributed by atoms with Crippen molar-refractivity contribution in [3.63, 3.8) is 0 Å². The van der Waals surface area contributed by atoms with Gasteiger partial charge in [0.05, 0.1) is 5.56 Å². The lowest BCUT2D eigenvalue weighted by atomic mass is 9.98. The van der Waals surface area contributed by atoms with Gasteiger partial charge in [-0.1, -0.05) is 78.9 Å². The predicted molar refractivity (Wildman–Crippen MR) is 119 cm³/mol. The Morgan fingerprint density at radius 3 is 2.22 bits per heavy atom. The van der Waals surface area contributed by atoms with Crippen LogP contribution < -0.4 is 4.52 Å². The number of hydrogen-bond donors (Lipinski definition) is 0. The summed E-state index contributed by atoms with van der Waals surface area (Å²) in [6.07, 6.45) is 0. The second kappa shape index (κ2) is 8.25. The van der Waals surface area contributed by atoms with E-state index in [1.54, 1.807) is 60.7 Å². The summed E-state index contributed by atoms with van der Waals surface area (Å²) in [6.45, 7) is 0. The molecule has 0 bridgehead atoms. The second-order valence-electron chi connectivity index (χ2n) is 6.98. The third-order valence-corrected chi connectivity index (χ3v) is 5.97. The standard InChI is InChI=1S/C25H15O6P/c26-22(17-9-2-1-3-10-17)19-12-6-7-13-20(19)24(27)30-32-29-23-18-11-5-4-8-16(18)14-15-21(23)25(28)31-32/h1-15H. The summed E-state index contributed by atoms with van der Waals surface area (Å²) in [5, 5.41) is 1.59. The minimum atomic E-state index is -2.33. The largest absolute Gasteiger partial charge is 0.535 e. The predicted octanol–water partition coefficient (Wildman–Crippen LogP) is 5.70. The molecule has 1 unspecified atom stereocenters. The minimum absolute atomic E-state index is 0.0622. The quantitative estimate of drug-likeness (QED) is 0.298. The fraction of sp³-hybridized carbons (Fsp3) is 0. The molecule has 5 rings (SSSR count). The summed E-state index contributed by atoms with van der Waals surface area (Å²) < 4.78 is 16.4. The van der Waals surface area contributed by atoms with Crippen LogP contribution in [0, 0.1) is 0 Å². The van der Waals surface area contributed by atoms with Crippen molar-refractivity contribution in [2.24, 2.45) is 0 Å². The van der Waals surface area contributed by atoms with Crippen LogP contribution in [0.5, 0.6) is 5.75 Å². The molecule has 0 saturated heterocycles. The van der Waals surface area contributed by atoms with E-state index in [9.17, 15) is 14.4 Å². The molecule has 0 amide bonds. The zero-order valence-electron chi connectivity index (χ0n) is 16.6. The van der Waals surface area contributed by atoms with Gasteiger partial charge in [0.15, 0.2) is 11.5 Å². The third kappa shape index (κ3) is 3.61. The van der Waals surface area contributed by atoms with Crippen LogP contribution in [-0.2, 0) is 9.05 Å². The van der Waals surface area contributed by atoms with Gasteiger partial charge in [-0.25, -0.2) is 9.59 Å². The first-order valence-corrected chi connectivity index (χ1v) is 10.8. The molecule has 32 heavy (non-hydrogen) atoms. The lowest BCUT2D eigenvalue weighted by molar-refractivity contribution is 0.0607. The number of rotatable bonds is 4. The van der Waals surface area contributed by atoms with Crippen molar-refractivity contribution >= 4 is 37.1 Å². The van der Waals surface area contributed by atoms with E-state index in [0.717, 1.165) is 5.39 Å². The zero-order valence-corrected chi connectivity index (χ0v) is 17.5. The monoisotopic (exact) mass is 442 g/mol. The van der Waals surface area contributed by atoms with Crippen LogP contribution in [-0.4, -0.2) is 17.7 Å². The van der Waals surface area contributed by atoms with E-state index in [0.29, 0.717) is 16.7 Å². The van der Waals surface area contributed by atoms with E-state index in [2.05, 4.69) is 0 Å². The van der Waals surface area contributed by atoms with Crippen LogP contribution in [0.3, 0.4) is 0 Å². The number of ketones is 1. The minimum Gasteiger partial charge on any atom is -0.407 e. The first-order valence-electron chi connectivity index (χ1n) is 9.75. The van der Waals surface area contributed by atoms with Gasteiger partial charge in [0.25, 0.3) is 0 Å².